The molecule has 19 atom stereocenters. The summed E-state index contributed by atoms with van der Waals surface area (Å²) in [6, 6.07) is -3.88. The van der Waals surface area contributed by atoms with Gasteiger partial charge in [-0.1, -0.05) is 12.8 Å². The van der Waals surface area contributed by atoms with E-state index in [9.17, 15) is 118 Å². The maximum absolute atomic E-state index is 14.2. The molecular formula is C61H110N6O38P4. The number of carbonyl (C=O) groups excluding carboxylic acids is 6. The summed E-state index contributed by atoms with van der Waals surface area (Å²) in [6.07, 6.45) is -17.8. The number of likely N-dealkylation sites (tertiary alicyclic amines) is 3. The van der Waals surface area contributed by atoms with E-state index in [-0.39, 0.29) is 137 Å². The Morgan fingerprint density at radius 1 is 0.385 bits per heavy atom. The highest BCUT2D eigenvalue weighted by molar-refractivity contribution is 7.48. The lowest BCUT2D eigenvalue weighted by Crippen LogP contribution is -2.64. The number of aliphatic hydroxyl groups excluding tert-OH is 10. The number of carbonyl (C=O) groups is 6. The lowest BCUT2D eigenvalue weighted by Gasteiger charge is -2.43. The zero-order chi connectivity index (χ0) is 80.7. The monoisotopic (exact) mass is 1660 g/mol. The SMILES string of the molecule is COP(=O)(O)OCCCCCCOP(=O)(O)OCC1(COP(=O)(O)OCC2(COP(=O)(O)OCC3(CO)CCN(C(=O)CCOC4OC(CO)C(O)C(O)C4NC(C)=O)CC3)CCN(C(=O)CCOC3OC(CO)C(O)C(O)C3NC(C)=O)CC2)CCN(C(=O)CCOC2OC(CO)C(O)C(O)C2NC(C)=O)CC1. The normalized spacial score (nSPS) is 30.7. The average Bonchev–Trinajstić information content (AvgIpc) is 0.824. The summed E-state index contributed by atoms with van der Waals surface area (Å²) >= 11 is 0. The minimum Gasteiger partial charge on any atom is -0.396 e. The Bertz CT molecular complexity index is 3100. The number of unbranched alkanes of at least 4 members (excludes halogenated alkanes) is 3. The van der Waals surface area contributed by atoms with E-state index in [4.69, 9.17) is 60.1 Å². The second-order valence-electron chi connectivity index (χ2n) is 28.0. The Morgan fingerprint density at radius 3 is 0.899 bits per heavy atom. The van der Waals surface area contributed by atoms with Gasteiger partial charge in [0, 0.05) is 83.4 Å². The van der Waals surface area contributed by atoms with Crippen molar-refractivity contribution in [1.82, 2.24) is 30.7 Å². The number of hydrogen-bond acceptors (Lipinski definition) is 34. The first-order chi connectivity index (χ1) is 51.3. The predicted molar refractivity (Wildman–Crippen MR) is 366 cm³/mol. The van der Waals surface area contributed by atoms with Crippen molar-refractivity contribution in [3.8, 4) is 0 Å². The fourth-order valence-electron chi connectivity index (χ4n) is 13.0. The van der Waals surface area contributed by atoms with Crippen LogP contribution in [0.1, 0.15) is 104 Å². The number of nitrogens with one attached hydrogen (secondary N) is 3. The molecule has 44 nitrogen and oxygen atoms in total. The Hall–Kier alpha value is -3.38. The van der Waals surface area contributed by atoms with Gasteiger partial charge in [0.15, 0.2) is 18.9 Å². The number of phosphoric ester groups is 4. The number of piperidine rings is 3. The van der Waals surface area contributed by atoms with Gasteiger partial charge in [0.2, 0.25) is 35.4 Å². The van der Waals surface area contributed by atoms with E-state index in [0.717, 1.165) is 27.9 Å². The van der Waals surface area contributed by atoms with Gasteiger partial charge in [0.05, 0.1) is 112 Å². The van der Waals surface area contributed by atoms with Crippen molar-refractivity contribution < 1.29 is 182 Å². The van der Waals surface area contributed by atoms with Crippen LogP contribution >= 0.6 is 31.3 Å². The van der Waals surface area contributed by atoms with Crippen LogP contribution in [0.3, 0.4) is 0 Å². The highest BCUT2D eigenvalue weighted by atomic mass is 31.2. The molecule has 0 bridgehead atoms. The molecule has 19 unspecified atom stereocenters. The minimum absolute atomic E-state index is 0.0189. The molecule has 0 radical (unpaired) electrons. The molecule has 0 saturated carbocycles. The van der Waals surface area contributed by atoms with E-state index in [1.54, 1.807) is 0 Å². The van der Waals surface area contributed by atoms with Crippen molar-refractivity contribution in [1.29, 1.82) is 0 Å². The Kier molecular flexibility index (Phi) is 37.7. The number of amides is 6. The summed E-state index contributed by atoms with van der Waals surface area (Å²) in [5, 5.41) is 110. The third-order valence-electron chi connectivity index (χ3n) is 19.9. The number of hydrogen-bond donors (Lipinski definition) is 17. The first-order valence-corrected chi connectivity index (χ1v) is 41.6. The van der Waals surface area contributed by atoms with Crippen molar-refractivity contribution >= 4 is 66.7 Å². The van der Waals surface area contributed by atoms with Gasteiger partial charge in [0.25, 0.3) is 0 Å². The molecule has 6 rings (SSSR count). The van der Waals surface area contributed by atoms with Crippen LogP contribution in [0.5, 0.6) is 0 Å². The third-order valence-corrected chi connectivity index (χ3v) is 23.6. The summed E-state index contributed by atoms with van der Waals surface area (Å²) in [7, 11) is -18.6. The van der Waals surface area contributed by atoms with Gasteiger partial charge in [-0.2, -0.15) is 0 Å². The van der Waals surface area contributed by atoms with E-state index >= 15 is 0 Å². The Labute approximate surface area is 628 Å². The molecule has 6 fully saturated rings. The molecule has 0 aromatic heterocycles. The number of nitrogens with zero attached hydrogens (tertiary/aromatic N) is 3. The lowest BCUT2D eigenvalue weighted by molar-refractivity contribution is -0.270. The maximum Gasteiger partial charge on any atom is 0.472 e. The summed E-state index contributed by atoms with van der Waals surface area (Å²) < 4.78 is 129. The Morgan fingerprint density at radius 2 is 0.642 bits per heavy atom. The van der Waals surface area contributed by atoms with Crippen molar-refractivity contribution in [2.45, 2.75) is 196 Å². The number of aliphatic hydroxyl groups is 10. The molecule has 6 amide bonds. The van der Waals surface area contributed by atoms with Crippen molar-refractivity contribution in [3.05, 3.63) is 0 Å². The van der Waals surface area contributed by atoms with E-state index in [1.165, 1.54) is 14.7 Å². The first-order valence-electron chi connectivity index (χ1n) is 35.7. The van der Waals surface area contributed by atoms with E-state index in [2.05, 4.69) is 20.5 Å². The maximum atomic E-state index is 14.2. The second-order valence-corrected chi connectivity index (χ2v) is 33.9. The third kappa shape index (κ3) is 29.1. The van der Waals surface area contributed by atoms with Crippen LogP contribution < -0.4 is 16.0 Å². The van der Waals surface area contributed by atoms with Gasteiger partial charge >= 0.3 is 31.3 Å². The van der Waals surface area contributed by atoms with Crippen molar-refractivity contribution in [2.24, 2.45) is 16.2 Å². The summed E-state index contributed by atoms with van der Waals surface area (Å²) in [4.78, 5) is 124. The summed E-state index contributed by atoms with van der Waals surface area (Å²) in [5.74, 6) is -3.31. The Balaban J connectivity index is 1.12. The smallest absolute Gasteiger partial charge is 0.396 e. The van der Waals surface area contributed by atoms with Crippen LogP contribution in [0, 0.1) is 16.2 Å². The summed E-state index contributed by atoms with van der Waals surface area (Å²) in [6.45, 7) is -4.86. The van der Waals surface area contributed by atoms with Gasteiger partial charge in [0.1, 0.15) is 73.1 Å². The van der Waals surface area contributed by atoms with Gasteiger partial charge in [-0.3, -0.25) is 65.0 Å². The van der Waals surface area contributed by atoms with E-state index in [0.29, 0.717) is 19.3 Å². The molecule has 48 heteroatoms. The topological polar surface area (TPSA) is 629 Å². The zero-order valence-electron chi connectivity index (χ0n) is 61.2. The average molecular weight is 1660 g/mol. The first kappa shape index (κ1) is 94.5. The molecule has 0 aliphatic carbocycles. The standard InChI is InChI=1S/C61H110N6O38P4/c1-38(72)62-47-53(81)50(78)41(29-68)103-56(47)93-26-9-44(75)65-18-12-59(32-71,13-19-65)33-98-108(88,89)100-36-61(16-22-67(23-17-61)46(77)11-28-95-58-49(64-40(3)74)55(83)52(80)43(31-70)105-58)37-102-109(90,91)101-35-60(34-99-107(86,87)97-25-8-6-5-7-24-96-106(84,85)92-4)14-20-66(21-15-60)45(76)10-27-94-57-48(63-39(2)73)54(82)51(79)42(30-69)104-57/h41-43,47-58,68-71,78-83H,5-37H2,1-4H3,(H,62,72)(H,63,73)(H,64,74)(H,84,85)(H,86,87)(H,88,89)(H,90,91). The molecule has 6 heterocycles. The van der Waals surface area contributed by atoms with E-state index < -0.39 is 234 Å². The molecule has 6 saturated heterocycles. The van der Waals surface area contributed by atoms with Crippen LogP contribution in [0.15, 0.2) is 0 Å². The highest BCUT2D eigenvalue weighted by Gasteiger charge is 2.51. The van der Waals surface area contributed by atoms with Crippen LogP contribution in [0.25, 0.3) is 0 Å². The molecular weight excluding hydrogens is 1550 g/mol. The fourth-order valence-corrected chi connectivity index (χ4v) is 16.2. The van der Waals surface area contributed by atoms with Gasteiger partial charge < -0.3 is 130 Å². The largest absolute Gasteiger partial charge is 0.472 e. The molecule has 632 valence electrons. The number of rotatable bonds is 44. The molecule has 6 aliphatic rings. The molecule has 109 heavy (non-hydrogen) atoms. The molecule has 17 N–H and O–H groups in total. The quantitative estimate of drug-likeness (QED) is 0.0202. The van der Waals surface area contributed by atoms with Crippen molar-refractivity contribution in [2.75, 3.05) is 139 Å². The van der Waals surface area contributed by atoms with Crippen molar-refractivity contribution in [3.63, 3.8) is 0 Å². The van der Waals surface area contributed by atoms with Gasteiger partial charge in [-0.25, -0.2) is 18.3 Å². The molecule has 0 spiro atoms. The molecule has 0 aromatic rings. The van der Waals surface area contributed by atoms with E-state index in [1.807, 2.05) is 0 Å². The van der Waals surface area contributed by atoms with Gasteiger partial charge in [-0.15, -0.1) is 0 Å². The fraction of sp³-hybridized carbons (Fsp3) is 0.902. The number of phosphoric acid groups is 4. The number of ether oxygens (including phenoxy) is 6. The lowest BCUT2D eigenvalue weighted by atomic mass is 9.80. The highest BCUT2D eigenvalue weighted by Crippen LogP contribution is 2.53. The van der Waals surface area contributed by atoms with Crippen LogP contribution in [0.4, 0.5) is 0 Å². The minimum atomic E-state index is -5.31. The van der Waals surface area contributed by atoms with Crippen LogP contribution in [-0.4, -0.2) is 352 Å². The van der Waals surface area contributed by atoms with Crippen LogP contribution in [0.2, 0.25) is 0 Å². The van der Waals surface area contributed by atoms with Crippen LogP contribution in [-0.2, 0) is 112 Å². The molecule has 6 aliphatic heterocycles. The van der Waals surface area contributed by atoms with Gasteiger partial charge in [-0.05, 0) is 51.4 Å². The predicted octanol–water partition coefficient (Wildman–Crippen LogP) is -4.42. The second kappa shape index (κ2) is 43.5. The summed E-state index contributed by atoms with van der Waals surface area (Å²) in [5.41, 5.74) is -4.19. The molecule has 0 aromatic carbocycles. The zero-order valence-corrected chi connectivity index (χ0v) is 64.8.